The first-order chi connectivity index (χ1) is 9.80. The lowest BCUT2D eigenvalue weighted by molar-refractivity contribution is -0.142. The monoisotopic (exact) mass is 306 g/mol. The number of alkyl halides is 3. The molecular weight excluding hydrogens is 289 g/mol. The van der Waals surface area contributed by atoms with Gasteiger partial charge in [0.2, 0.25) is 5.89 Å². The van der Waals surface area contributed by atoms with Gasteiger partial charge in [-0.1, -0.05) is 18.5 Å². The predicted octanol–water partition coefficient (Wildman–Crippen LogP) is 3.17. The summed E-state index contributed by atoms with van der Waals surface area (Å²) in [5.74, 6) is -1.54. The average Bonchev–Trinajstić information content (AvgIpc) is 3.01. The molecule has 1 fully saturated rings. The molecule has 118 valence electrons. The number of aliphatic carboxylic acids is 1. The molecule has 1 aromatic rings. The highest BCUT2D eigenvalue weighted by Crippen LogP contribution is 2.44. The number of carboxylic acids is 1. The Morgan fingerprint density at radius 2 is 2.14 bits per heavy atom. The average molecular weight is 306 g/mol. The van der Waals surface area contributed by atoms with Crippen LogP contribution in [0.1, 0.15) is 50.2 Å². The van der Waals surface area contributed by atoms with E-state index in [-0.39, 0.29) is 24.1 Å². The van der Waals surface area contributed by atoms with E-state index in [4.69, 9.17) is 4.52 Å². The van der Waals surface area contributed by atoms with Crippen LogP contribution in [0.25, 0.3) is 0 Å². The fourth-order valence-electron chi connectivity index (χ4n) is 2.80. The first kappa shape index (κ1) is 15.8. The Bertz CT molecular complexity index is 501. The molecular formula is C13H17F3N2O3. The molecule has 0 aromatic carbocycles. The molecule has 8 heteroatoms. The Hall–Kier alpha value is -1.60. The molecule has 3 unspecified atom stereocenters. The topological polar surface area (TPSA) is 76.2 Å². The second kappa shape index (κ2) is 6.03. The second-order valence-electron chi connectivity index (χ2n) is 5.46. The summed E-state index contributed by atoms with van der Waals surface area (Å²) in [6.45, 7) is 1.98. The highest BCUT2D eigenvalue weighted by atomic mass is 19.4. The van der Waals surface area contributed by atoms with Crippen molar-refractivity contribution in [1.82, 2.24) is 10.1 Å². The Balaban J connectivity index is 2.07. The third-order valence-corrected chi connectivity index (χ3v) is 3.99. The second-order valence-corrected chi connectivity index (χ2v) is 5.46. The van der Waals surface area contributed by atoms with Gasteiger partial charge in [0.1, 0.15) is 0 Å². The van der Waals surface area contributed by atoms with Crippen molar-refractivity contribution in [3.05, 3.63) is 11.7 Å². The number of halogens is 3. The van der Waals surface area contributed by atoms with Crippen molar-refractivity contribution in [3.8, 4) is 0 Å². The molecule has 0 saturated heterocycles. The van der Waals surface area contributed by atoms with Gasteiger partial charge < -0.3 is 9.63 Å². The molecule has 1 aliphatic carbocycles. The number of aryl methyl sites for hydroxylation is 1. The van der Waals surface area contributed by atoms with Gasteiger partial charge in [0.25, 0.3) is 0 Å². The van der Waals surface area contributed by atoms with Crippen LogP contribution in [0.4, 0.5) is 13.2 Å². The van der Waals surface area contributed by atoms with Crippen molar-refractivity contribution in [2.45, 2.75) is 51.1 Å². The van der Waals surface area contributed by atoms with Gasteiger partial charge in [-0.05, 0) is 18.8 Å². The molecule has 2 rings (SSSR count). The lowest BCUT2D eigenvalue weighted by Crippen LogP contribution is -2.17. The summed E-state index contributed by atoms with van der Waals surface area (Å²) in [5, 5.41) is 12.8. The van der Waals surface area contributed by atoms with Gasteiger partial charge in [-0.25, -0.2) is 0 Å². The van der Waals surface area contributed by atoms with Gasteiger partial charge in [-0.15, -0.1) is 0 Å². The van der Waals surface area contributed by atoms with Gasteiger partial charge in [0.15, 0.2) is 5.82 Å². The van der Waals surface area contributed by atoms with E-state index in [9.17, 15) is 23.1 Å². The van der Waals surface area contributed by atoms with Crippen LogP contribution in [0.5, 0.6) is 0 Å². The molecule has 1 saturated carbocycles. The minimum Gasteiger partial charge on any atom is -0.481 e. The van der Waals surface area contributed by atoms with Crippen LogP contribution in [0.2, 0.25) is 0 Å². The summed E-state index contributed by atoms with van der Waals surface area (Å²) in [7, 11) is 0. The molecule has 1 N–H and O–H groups in total. The van der Waals surface area contributed by atoms with Crippen molar-refractivity contribution in [2.24, 2.45) is 11.8 Å². The van der Waals surface area contributed by atoms with Crippen LogP contribution in [-0.2, 0) is 11.2 Å². The number of hydrogen-bond acceptors (Lipinski definition) is 4. The van der Waals surface area contributed by atoms with Gasteiger partial charge >= 0.3 is 12.1 Å². The van der Waals surface area contributed by atoms with E-state index < -0.39 is 30.4 Å². The molecule has 1 aliphatic rings. The Morgan fingerprint density at radius 3 is 2.71 bits per heavy atom. The van der Waals surface area contributed by atoms with Crippen LogP contribution in [-0.4, -0.2) is 27.4 Å². The molecule has 0 spiro atoms. The molecule has 3 atom stereocenters. The number of nitrogens with zero attached hydrogens (tertiary/aromatic N) is 2. The normalized spacial score (nSPS) is 26.2. The largest absolute Gasteiger partial charge is 0.481 e. The highest BCUT2D eigenvalue weighted by Gasteiger charge is 2.42. The Kier molecular flexibility index (Phi) is 4.53. The number of rotatable bonds is 5. The lowest BCUT2D eigenvalue weighted by atomic mass is 9.96. The smallest absolute Gasteiger partial charge is 0.389 e. The van der Waals surface area contributed by atoms with Gasteiger partial charge in [-0.2, -0.15) is 18.2 Å². The maximum Gasteiger partial charge on any atom is 0.389 e. The minimum atomic E-state index is -4.27. The van der Waals surface area contributed by atoms with Crippen LogP contribution in [0.3, 0.4) is 0 Å². The molecule has 1 heterocycles. The molecule has 21 heavy (non-hydrogen) atoms. The third-order valence-electron chi connectivity index (χ3n) is 3.99. The van der Waals surface area contributed by atoms with Crippen LogP contribution >= 0.6 is 0 Å². The first-order valence-electron chi connectivity index (χ1n) is 6.92. The summed E-state index contributed by atoms with van der Waals surface area (Å²) in [5.41, 5.74) is 0. The number of hydrogen-bond donors (Lipinski definition) is 1. The van der Waals surface area contributed by atoms with E-state index in [0.717, 1.165) is 6.42 Å². The molecule has 5 nitrogen and oxygen atoms in total. The van der Waals surface area contributed by atoms with Gasteiger partial charge in [0, 0.05) is 6.42 Å². The maximum absolute atomic E-state index is 12.2. The molecule has 0 amide bonds. The fourth-order valence-corrected chi connectivity index (χ4v) is 2.80. The predicted molar refractivity (Wildman–Crippen MR) is 65.6 cm³/mol. The van der Waals surface area contributed by atoms with E-state index in [1.807, 2.05) is 6.92 Å². The molecule has 0 bridgehead atoms. The zero-order valence-electron chi connectivity index (χ0n) is 11.6. The fraction of sp³-hybridized carbons (Fsp3) is 0.769. The van der Waals surface area contributed by atoms with Crippen molar-refractivity contribution in [1.29, 1.82) is 0 Å². The standard InChI is InChI=1S/C13H17F3N2O3/c1-2-7-5-8(9(6-7)12(19)20)11-17-10(18-21-11)3-4-13(14,15)16/h7-9H,2-6H2,1H3,(H,19,20). The highest BCUT2D eigenvalue weighted by molar-refractivity contribution is 5.71. The van der Waals surface area contributed by atoms with E-state index in [1.165, 1.54) is 0 Å². The first-order valence-corrected chi connectivity index (χ1v) is 6.92. The van der Waals surface area contributed by atoms with Crippen LogP contribution < -0.4 is 0 Å². The van der Waals surface area contributed by atoms with Crippen molar-refractivity contribution < 1.29 is 27.6 Å². The van der Waals surface area contributed by atoms with Crippen molar-refractivity contribution >= 4 is 5.97 Å². The summed E-state index contributed by atoms with van der Waals surface area (Å²) < 4.78 is 41.4. The van der Waals surface area contributed by atoms with Crippen LogP contribution in [0.15, 0.2) is 4.52 Å². The third kappa shape index (κ3) is 3.95. The number of aromatic nitrogens is 2. The van der Waals surface area contributed by atoms with Crippen molar-refractivity contribution in [2.75, 3.05) is 0 Å². The maximum atomic E-state index is 12.2. The summed E-state index contributed by atoms with van der Waals surface area (Å²) in [6.07, 6.45) is -3.63. The zero-order valence-corrected chi connectivity index (χ0v) is 11.6. The quantitative estimate of drug-likeness (QED) is 0.904. The molecule has 1 aromatic heterocycles. The molecule has 0 radical (unpaired) electrons. The van der Waals surface area contributed by atoms with Crippen LogP contribution in [0, 0.1) is 11.8 Å². The number of carbonyl (C=O) groups is 1. The summed E-state index contributed by atoms with van der Waals surface area (Å²) >= 11 is 0. The van der Waals surface area contributed by atoms with E-state index in [2.05, 4.69) is 10.1 Å². The van der Waals surface area contributed by atoms with Crippen molar-refractivity contribution in [3.63, 3.8) is 0 Å². The minimum absolute atomic E-state index is 0.0218. The Morgan fingerprint density at radius 1 is 1.43 bits per heavy atom. The summed E-state index contributed by atoms with van der Waals surface area (Å²) in [6, 6.07) is 0. The Labute approximate surface area is 119 Å². The summed E-state index contributed by atoms with van der Waals surface area (Å²) in [4.78, 5) is 15.2. The van der Waals surface area contributed by atoms with E-state index in [1.54, 1.807) is 0 Å². The van der Waals surface area contributed by atoms with Gasteiger partial charge in [-0.3, -0.25) is 4.79 Å². The lowest BCUT2D eigenvalue weighted by Gasteiger charge is -2.10. The van der Waals surface area contributed by atoms with Gasteiger partial charge in [0.05, 0.1) is 18.3 Å². The molecule has 0 aliphatic heterocycles. The number of carboxylic acid groups (broad SMARTS) is 1. The zero-order chi connectivity index (χ0) is 15.6. The van der Waals surface area contributed by atoms with E-state index in [0.29, 0.717) is 12.8 Å². The SMILES string of the molecule is CCC1CC(C(=O)O)C(c2nc(CCC(F)(F)F)no2)C1. The van der Waals surface area contributed by atoms with E-state index >= 15 is 0 Å².